The Labute approximate surface area is 427 Å². The molecule has 0 aliphatic carbocycles. The lowest BCUT2D eigenvalue weighted by atomic mass is 10.0. The van der Waals surface area contributed by atoms with Crippen LogP contribution in [0.1, 0.15) is 61.8 Å². The van der Waals surface area contributed by atoms with E-state index >= 15 is 0 Å². The number of aliphatic carboxylic acids is 2. The van der Waals surface area contributed by atoms with Gasteiger partial charge in [-0.15, -0.1) is 0 Å². The van der Waals surface area contributed by atoms with Crippen molar-refractivity contribution in [3.63, 3.8) is 0 Å². The summed E-state index contributed by atoms with van der Waals surface area (Å²) < 4.78 is 69.2. The number of H-pyrrole nitrogens is 1. The number of aromatic hydroxyl groups is 1. The number of nitrogens with zero attached hydrogens (tertiary/aromatic N) is 2. The summed E-state index contributed by atoms with van der Waals surface area (Å²) in [5.41, 5.74) is 5.22. The molecule has 5 aromatic rings. The number of aliphatic hydroxyl groups is 1. The molecule has 2 atom stereocenters. The number of fused-ring (bicyclic) bond motifs is 1. The van der Waals surface area contributed by atoms with Gasteiger partial charge in [0.15, 0.2) is 0 Å². The fourth-order valence-electron chi connectivity index (χ4n) is 7.79. The Morgan fingerprint density at radius 3 is 2.11 bits per heavy atom. The molecule has 2 heterocycles. The highest BCUT2D eigenvalue weighted by Gasteiger charge is 2.39. The van der Waals surface area contributed by atoms with Gasteiger partial charge in [-0.3, -0.25) is 19.7 Å². The van der Waals surface area contributed by atoms with Crippen molar-refractivity contribution in [2.75, 3.05) is 51.6 Å². The number of aromatic nitrogens is 1. The number of phenols is 1. The molecule has 4 aromatic carbocycles. The number of anilines is 1. The topological polar surface area (TPSA) is 251 Å². The summed E-state index contributed by atoms with van der Waals surface area (Å²) in [7, 11) is 1.82. The van der Waals surface area contributed by atoms with Crippen molar-refractivity contribution in [3.8, 4) is 16.9 Å². The van der Waals surface area contributed by atoms with E-state index in [4.69, 9.17) is 24.5 Å². The van der Waals surface area contributed by atoms with Crippen LogP contribution in [0.3, 0.4) is 0 Å². The number of halogens is 6. The highest BCUT2D eigenvalue weighted by atomic mass is 19.4. The number of carbonyl (C=O) groups is 5. The van der Waals surface area contributed by atoms with Crippen molar-refractivity contribution in [2.45, 2.75) is 82.5 Å². The van der Waals surface area contributed by atoms with Gasteiger partial charge in [-0.1, -0.05) is 78.9 Å². The first-order valence-electron chi connectivity index (χ1n) is 23.7. The summed E-state index contributed by atoms with van der Waals surface area (Å²) in [6.07, 6.45) is -7.31. The minimum absolute atomic E-state index is 0.0291. The van der Waals surface area contributed by atoms with E-state index < -0.39 is 36.5 Å². The second kappa shape index (κ2) is 28.8. The van der Waals surface area contributed by atoms with Crippen LogP contribution in [0.15, 0.2) is 108 Å². The van der Waals surface area contributed by atoms with Gasteiger partial charge in [0.05, 0.1) is 23.7 Å². The molecule has 1 aliphatic rings. The number of aromatic amines is 1. The number of carboxylic acids is 2. The van der Waals surface area contributed by atoms with Crippen LogP contribution in [0.5, 0.6) is 5.75 Å². The number of amides is 3. The summed E-state index contributed by atoms with van der Waals surface area (Å²) >= 11 is 0. The fraction of sp³-hybridized carbons (Fsp3) is 0.385. The lowest BCUT2D eigenvalue weighted by molar-refractivity contribution is -0.193. The molecule has 406 valence electrons. The van der Waals surface area contributed by atoms with E-state index in [1.807, 2.05) is 92.8 Å². The number of benzene rings is 4. The first-order valence-corrected chi connectivity index (χ1v) is 23.7. The van der Waals surface area contributed by atoms with E-state index in [-0.39, 0.29) is 48.2 Å². The number of aliphatic hydroxyl groups excluding tert-OH is 1. The van der Waals surface area contributed by atoms with Gasteiger partial charge >= 0.3 is 30.4 Å². The molecule has 0 saturated carbocycles. The summed E-state index contributed by atoms with van der Waals surface area (Å²) in [6.45, 7) is 5.63. The van der Waals surface area contributed by atoms with Crippen LogP contribution in [0, 0.1) is 0 Å². The number of hydrogen-bond acceptors (Lipinski definition) is 11. The third-order valence-electron chi connectivity index (χ3n) is 11.7. The molecule has 8 N–H and O–H groups in total. The van der Waals surface area contributed by atoms with Crippen LogP contribution in [0.2, 0.25) is 0 Å². The lowest BCUT2D eigenvalue weighted by Gasteiger charge is -2.31. The number of unbranched alkanes of at least 4 members (excludes halogenated alkanes) is 1. The number of carboxylic acid groups (broad SMARTS) is 2. The maximum Gasteiger partial charge on any atom is 0.490 e. The molecule has 0 spiro atoms. The van der Waals surface area contributed by atoms with Crippen molar-refractivity contribution in [1.29, 1.82) is 0 Å². The predicted molar refractivity (Wildman–Crippen MR) is 266 cm³/mol. The Morgan fingerprint density at radius 2 is 1.45 bits per heavy atom. The number of alkyl halides is 6. The summed E-state index contributed by atoms with van der Waals surface area (Å²) in [5, 5.41) is 45.2. The average Bonchev–Trinajstić information content (AvgIpc) is 3.35. The van der Waals surface area contributed by atoms with E-state index in [2.05, 4.69) is 25.8 Å². The third-order valence-corrected chi connectivity index (χ3v) is 11.7. The zero-order chi connectivity index (χ0) is 55.3. The van der Waals surface area contributed by atoms with E-state index in [0.717, 1.165) is 48.2 Å². The minimum atomic E-state index is -5.08. The van der Waals surface area contributed by atoms with E-state index in [9.17, 15) is 55.7 Å². The SMILES string of the molecule is C[C@@H](Cc1cccc(CC(=O)NCCCCN(C)C(=O)CCN2CCC(OC(=O)Nc3ccccc3-c3ccccc3)CC2)c1)NC[C@H](O)c1ccc(O)c2[nH]c(=O)ccc12.O=C(O)C(F)(F)F.O=C(O)C(F)(F)F. The predicted octanol–water partition coefficient (Wildman–Crippen LogP) is 7.42. The van der Waals surface area contributed by atoms with E-state index in [1.165, 1.54) is 12.1 Å². The standard InChI is InChI=1S/C48H58N6O7.2C2HF3O2/c1-33(50-32-43(56)39-17-19-42(55)47-40(39)18-20-44(57)52-47)29-34-11-10-12-35(30-34)31-45(58)49-24-8-9-25-53(2)46(59)23-28-54-26-21-37(22-27-54)61-48(60)51-41-16-7-6-15-38(41)36-13-4-3-5-14-36;2*3-2(4,5)1(6)7/h3-7,10-20,30,33,37,43,50,55-56H,8-9,21-29,31-32H2,1-2H3,(H,49,58)(H,51,60)(H,52,57);2*(H,6,7)/t33-,43-;;/m0../s1. The Hall–Kier alpha value is -7.50. The van der Waals surface area contributed by atoms with Gasteiger partial charge in [-0.2, -0.15) is 26.3 Å². The molecule has 6 rings (SSSR count). The number of likely N-dealkylation sites (tertiary alicyclic amines) is 1. The molecular formula is C52H60F6N6O11. The fourth-order valence-corrected chi connectivity index (χ4v) is 7.79. The second-order valence-corrected chi connectivity index (χ2v) is 17.5. The van der Waals surface area contributed by atoms with Crippen molar-refractivity contribution >= 4 is 46.4 Å². The molecule has 17 nitrogen and oxygen atoms in total. The average molecular weight is 1060 g/mol. The Morgan fingerprint density at radius 1 is 0.827 bits per heavy atom. The van der Waals surface area contributed by atoms with Gasteiger partial charge in [-0.05, 0) is 79.5 Å². The molecule has 1 saturated heterocycles. The number of pyridine rings is 1. The van der Waals surface area contributed by atoms with Gasteiger partial charge < -0.3 is 50.6 Å². The first-order chi connectivity index (χ1) is 35.4. The van der Waals surface area contributed by atoms with Crippen molar-refractivity contribution in [1.82, 2.24) is 25.4 Å². The van der Waals surface area contributed by atoms with E-state index in [1.54, 1.807) is 17.0 Å². The number of nitrogens with one attached hydrogen (secondary N) is 4. The number of para-hydroxylation sites is 1. The highest BCUT2D eigenvalue weighted by Crippen LogP contribution is 2.30. The van der Waals surface area contributed by atoms with E-state index in [0.29, 0.717) is 67.5 Å². The van der Waals surface area contributed by atoms with Gasteiger partial charge in [0.25, 0.3) is 0 Å². The van der Waals surface area contributed by atoms with Crippen molar-refractivity contribution < 1.29 is 75.5 Å². The molecular weight excluding hydrogens is 999 g/mol. The molecule has 0 unspecified atom stereocenters. The maximum absolute atomic E-state index is 12.9. The molecule has 1 aromatic heterocycles. The number of piperidine rings is 1. The molecule has 0 bridgehead atoms. The molecule has 23 heteroatoms. The zero-order valence-electron chi connectivity index (χ0n) is 41.0. The molecule has 1 aliphatic heterocycles. The smallest absolute Gasteiger partial charge is 0.490 e. The van der Waals surface area contributed by atoms with Crippen LogP contribution in [0.4, 0.5) is 36.8 Å². The summed E-state index contributed by atoms with van der Waals surface area (Å²) in [5.74, 6) is -5.53. The van der Waals surface area contributed by atoms with Crippen molar-refractivity contribution in [2.24, 2.45) is 0 Å². The van der Waals surface area contributed by atoms with Gasteiger partial charge in [0.1, 0.15) is 11.9 Å². The Bertz CT molecular complexity index is 2710. The quantitative estimate of drug-likeness (QED) is 0.0297. The molecule has 3 amide bonds. The maximum atomic E-state index is 12.9. The van der Waals surface area contributed by atoms with Crippen LogP contribution < -0.4 is 21.5 Å². The van der Waals surface area contributed by atoms with Crippen LogP contribution in [-0.2, 0) is 36.8 Å². The highest BCUT2D eigenvalue weighted by molar-refractivity contribution is 5.91. The Balaban J connectivity index is 0.000000763. The lowest BCUT2D eigenvalue weighted by Crippen LogP contribution is -2.40. The summed E-state index contributed by atoms with van der Waals surface area (Å²) in [4.78, 5) is 74.6. The van der Waals surface area contributed by atoms with Gasteiger partial charge in [0.2, 0.25) is 17.4 Å². The number of rotatable bonds is 19. The number of hydrogen-bond donors (Lipinski definition) is 8. The van der Waals surface area contributed by atoms with Crippen molar-refractivity contribution in [3.05, 3.63) is 130 Å². The normalized spacial score (nSPS) is 13.7. The number of ether oxygens (including phenoxy) is 1. The largest absolute Gasteiger partial charge is 0.506 e. The number of phenolic OH excluding ortho intramolecular Hbond substituents is 1. The molecule has 0 radical (unpaired) electrons. The first kappa shape index (κ1) is 60.1. The minimum Gasteiger partial charge on any atom is -0.506 e. The third kappa shape index (κ3) is 20.7. The molecule has 75 heavy (non-hydrogen) atoms. The van der Waals surface area contributed by atoms with Crippen LogP contribution >= 0.6 is 0 Å². The summed E-state index contributed by atoms with van der Waals surface area (Å²) in [6, 6.07) is 31.6. The van der Waals surface area contributed by atoms with Crippen LogP contribution in [0.25, 0.3) is 22.0 Å². The van der Waals surface area contributed by atoms with Gasteiger partial charge in [0, 0.05) is 75.8 Å². The Kier molecular flexibility index (Phi) is 23.1. The van der Waals surface area contributed by atoms with Crippen LogP contribution in [-0.4, -0.2) is 136 Å². The number of carbonyl (C=O) groups excluding carboxylic acids is 3. The zero-order valence-corrected chi connectivity index (χ0v) is 41.0. The van der Waals surface area contributed by atoms with Gasteiger partial charge in [-0.25, -0.2) is 14.4 Å². The monoisotopic (exact) mass is 1060 g/mol. The molecule has 1 fully saturated rings. The second-order valence-electron chi connectivity index (χ2n) is 17.5.